The summed E-state index contributed by atoms with van der Waals surface area (Å²) in [7, 11) is 0. The number of hydrogen-bond acceptors (Lipinski definition) is 2. The molecule has 3 aliphatic rings. The molecule has 0 aromatic carbocycles. The minimum absolute atomic E-state index is 0.218. The van der Waals surface area contributed by atoms with Crippen molar-refractivity contribution in [1.29, 1.82) is 0 Å². The average Bonchev–Trinajstić information content (AvgIpc) is 2.62. The second kappa shape index (κ2) is 3.13. The van der Waals surface area contributed by atoms with Crippen LogP contribution in [0.2, 0.25) is 0 Å². The Hall–Kier alpha value is -0.730. The Morgan fingerprint density at radius 2 is 2.07 bits per heavy atom. The van der Waals surface area contributed by atoms with Gasteiger partial charge in [0, 0.05) is 0 Å². The van der Waals surface area contributed by atoms with E-state index in [0.717, 1.165) is 5.92 Å². The summed E-state index contributed by atoms with van der Waals surface area (Å²) >= 11 is 0. The maximum atomic E-state index is 11.0. The van der Waals surface area contributed by atoms with Crippen LogP contribution < -0.4 is 5.32 Å². The molecule has 3 rings (SSSR count). The summed E-state index contributed by atoms with van der Waals surface area (Å²) in [5.41, 5.74) is 0.559. The third-order valence-electron chi connectivity index (χ3n) is 4.92. The smallest absolute Gasteiger partial charge is 0.407 e. The van der Waals surface area contributed by atoms with E-state index < -0.39 is 0 Å². The number of carbonyl (C=O) groups excluding carboxylic acids is 1. The summed E-state index contributed by atoms with van der Waals surface area (Å²) in [5.74, 6) is 1.47. The largest absolute Gasteiger partial charge is 0.447 e. The van der Waals surface area contributed by atoms with E-state index in [9.17, 15) is 4.79 Å². The van der Waals surface area contributed by atoms with Crippen LogP contribution >= 0.6 is 0 Å². The molecule has 0 radical (unpaired) electrons. The lowest BCUT2D eigenvalue weighted by atomic mass is 9.82. The molecule has 3 nitrogen and oxygen atoms in total. The maximum absolute atomic E-state index is 11.0. The van der Waals surface area contributed by atoms with Gasteiger partial charge in [-0.2, -0.15) is 0 Å². The molecule has 1 aliphatic heterocycles. The lowest BCUT2D eigenvalue weighted by molar-refractivity contribution is 0.175. The van der Waals surface area contributed by atoms with E-state index in [-0.39, 0.29) is 6.09 Å². The molecular formula is C12H19NO2. The topological polar surface area (TPSA) is 38.3 Å². The number of alkyl carbamates (subject to hydrolysis) is 1. The first-order valence-electron chi connectivity index (χ1n) is 6.17. The molecule has 84 valence electrons. The SMILES string of the molecule is CC1[C@H](C2COC(=O)N2)C12CCCCC2. The van der Waals surface area contributed by atoms with Crippen molar-refractivity contribution in [2.45, 2.75) is 45.1 Å². The van der Waals surface area contributed by atoms with Crippen LogP contribution in [0.4, 0.5) is 4.79 Å². The fourth-order valence-electron chi connectivity index (χ4n) is 4.08. The lowest BCUT2D eigenvalue weighted by Crippen LogP contribution is -2.31. The lowest BCUT2D eigenvalue weighted by Gasteiger charge is -2.24. The molecular weight excluding hydrogens is 190 g/mol. The zero-order valence-electron chi connectivity index (χ0n) is 9.29. The van der Waals surface area contributed by atoms with Gasteiger partial charge in [0.1, 0.15) is 6.61 Å². The highest BCUT2D eigenvalue weighted by Crippen LogP contribution is 2.67. The molecule has 3 heteroatoms. The van der Waals surface area contributed by atoms with Gasteiger partial charge in [-0.3, -0.25) is 0 Å². The average molecular weight is 209 g/mol. The molecule has 3 fully saturated rings. The van der Waals surface area contributed by atoms with Gasteiger partial charge in [0.2, 0.25) is 0 Å². The standard InChI is InChI=1S/C12H19NO2/c1-8-10(9-7-15-11(14)13-9)12(8)5-3-2-4-6-12/h8-10H,2-7H2,1H3,(H,13,14)/t8?,9?,10-/m1/s1. The summed E-state index contributed by atoms with van der Waals surface area (Å²) in [6.07, 6.45) is 6.67. The summed E-state index contributed by atoms with van der Waals surface area (Å²) in [6.45, 7) is 2.94. The number of rotatable bonds is 1. The number of ether oxygens (including phenoxy) is 1. The van der Waals surface area contributed by atoms with Crippen molar-refractivity contribution < 1.29 is 9.53 Å². The first-order valence-corrected chi connectivity index (χ1v) is 6.17. The summed E-state index contributed by atoms with van der Waals surface area (Å²) in [4.78, 5) is 11.0. The zero-order chi connectivity index (χ0) is 10.5. The highest BCUT2D eigenvalue weighted by atomic mass is 16.6. The predicted molar refractivity (Wildman–Crippen MR) is 56.4 cm³/mol. The van der Waals surface area contributed by atoms with Crippen LogP contribution in [0.5, 0.6) is 0 Å². The van der Waals surface area contributed by atoms with Crippen LogP contribution in [0.1, 0.15) is 39.0 Å². The normalized spacial score (nSPS) is 42.5. The molecule has 1 N–H and O–H groups in total. The minimum Gasteiger partial charge on any atom is -0.447 e. The van der Waals surface area contributed by atoms with Crippen LogP contribution in [0, 0.1) is 17.3 Å². The fourth-order valence-corrected chi connectivity index (χ4v) is 4.08. The molecule has 1 saturated heterocycles. The van der Waals surface area contributed by atoms with Crippen molar-refractivity contribution in [3.05, 3.63) is 0 Å². The predicted octanol–water partition coefficient (Wildman–Crippen LogP) is 2.31. The molecule has 0 aromatic heterocycles. The van der Waals surface area contributed by atoms with Gasteiger partial charge in [0.25, 0.3) is 0 Å². The first-order chi connectivity index (χ1) is 7.24. The van der Waals surface area contributed by atoms with Crippen LogP contribution in [0.15, 0.2) is 0 Å². The molecule has 15 heavy (non-hydrogen) atoms. The number of amides is 1. The second-order valence-corrected chi connectivity index (χ2v) is 5.46. The summed E-state index contributed by atoms with van der Waals surface area (Å²) < 4.78 is 5.00. The molecule has 1 amide bonds. The van der Waals surface area contributed by atoms with E-state index in [1.165, 1.54) is 32.1 Å². The number of hydrogen-bond donors (Lipinski definition) is 1. The Balaban J connectivity index is 1.70. The fraction of sp³-hybridized carbons (Fsp3) is 0.917. The van der Waals surface area contributed by atoms with Gasteiger partial charge in [0.05, 0.1) is 6.04 Å². The van der Waals surface area contributed by atoms with Gasteiger partial charge in [0.15, 0.2) is 0 Å². The Morgan fingerprint density at radius 3 is 2.67 bits per heavy atom. The summed E-state index contributed by atoms with van der Waals surface area (Å²) in [6, 6.07) is 0.297. The van der Waals surface area contributed by atoms with Crippen molar-refractivity contribution >= 4 is 6.09 Å². The highest BCUT2D eigenvalue weighted by molar-refractivity contribution is 5.69. The van der Waals surface area contributed by atoms with Crippen LogP contribution in [0.3, 0.4) is 0 Å². The number of carbonyl (C=O) groups is 1. The third kappa shape index (κ3) is 1.28. The molecule has 1 spiro atoms. The molecule has 0 aromatic rings. The molecule has 2 saturated carbocycles. The van der Waals surface area contributed by atoms with Gasteiger partial charge >= 0.3 is 6.09 Å². The van der Waals surface area contributed by atoms with Crippen molar-refractivity contribution in [2.75, 3.05) is 6.61 Å². The van der Waals surface area contributed by atoms with Crippen molar-refractivity contribution in [3.63, 3.8) is 0 Å². The van der Waals surface area contributed by atoms with Crippen molar-refractivity contribution in [2.24, 2.45) is 17.3 Å². The third-order valence-corrected chi connectivity index (χ3v) is 4.92. The quantitative estimate of drug-likeness (QED) is 0.719. The van der Waals surface area contributed by atoms with Gasteiger partial charge in [-0.25, -0.2) is 4.79 Å². The Labute approximate surface area is 90.6 Å². The van der Waals surface area contributed by atoms with E-state index >= 15 is 0 Å². The monoisotopic (exact) mass is 209 g/mol. The molecule has 1 heterocycles. The van der Waals surface area contributed by atoms with Crippen molar-refractivity contribution in [3.8, 4) is 0 Å². The highest BCUT2D eigenvalue weighted by Gasteiger charge is 2.64. The van der Waals surface area contributed by atoms with E-state index in [1.54, 1.807) is 0 Å². The maximum Gasteiger partial charge on any atom is 0.407 e. The molecule has 0 bridgehead atoms. The summed E-state index contributed by atoms with van der Waals surface area (Å²) in [5, 5.41) is 2.96. The zero-order valence-corrected chi connectivity index (χ0v) is 9.29. The van der Waals surface area contributed by atoms with E-state index in [2.05, 4.69) is 12.2 Å². The Bertz CT molecular complexity index is 283. The molecule has 2 unspecified atom stereocenters. The molecule has 2 aliphatic carbocycles. The number of nitrogens with one attached hydrogen (secondary N) is 1. The van der Waals surface area contributed by atoms with Crippen LogP contribution in [0.25, 0.3) is 0 Å². The van der Waals surface area contributed by atoms with Crippen molar-refractivity contribution in [1.82, 2.24) is 5.32 Å². The Kier molecular flexibility index (Phi) is 1.98. The van der Waals surface area contributed by atoms with Gasteiger partial charge < -0.3 is 10.1 Å². The van der Waals surface area contributed by atoms with E-state index in [0.29, 0.717) is 24.0 Å². The minimum atomic E-state index is -0.218. The van der Waals surface area contributed by atoms with E-state index in [1.807, 2.05) is 0 Å². The second-order valence-electron chi connectivity index (χ2n) is 5.46. The Morgan fingerprint density at radius 1 is 1.33 bits per heavy atom. The van der Waals surface area contributed by atoms with Gasteiger partial charge in [-0.1, -0.05) is 26.2 Å². The molecule has 3 atom stereocenters. The van der Waals surface area contributed by atoms with Crippen LogP contribution in [-0.2, 0) is 4.74 Å². The van der Waals surface area contributed by atoms with Crippen LogP contribution in [-0.4, -0.2) is 18.7 Å². The first kappa shape index (κ1) is 9.49. The van der Waals surface area contributed by atoms with Gasteiger partial charge in [-0.15, -0.1) is 0 Å². The van der Waals surface area contributed by atoms with E-state index in [4.69, 9.17) is 4.74 Å². The number of cyclic esters (lactones) is 1. The van der Waals surface area contributed by atoms with Gasteiger partial charge in [-0.05, 0) is 30.1 Å².